The van der Waals surface area contributed by atoms with Crippen LogP contribution >= 0.6 is 12.3 Å². The predicted molar refractivity (Wildman–Crippen MR) is 116 cm³/mol. The Balaban J connectivity index is 2.24. The zero-order valence-corrected chi connectivity index (χ0v) is 19.6. The summed E-state index contributed by atoms with van der Waals surface area (Å²) in [6.07, 6.45) is 0. The van der Waals surface area contributed by atoms with E-state index in [9.17, 15) is 26.2 Å². The summed E-state index contributed by atoms with van der Waals surface area (Å²) >= 11 is 0.260. The zero-order valence-electron chi connectivity index (χ0n) is 17.2. The van der Waals surface area contributed by atoms with Crippen LogP contribution in [0.5, 0.6) is 0 Å². The normalized spacial score (nSPS) is 12.2. The van der Waals surface area contributed by atoms with E-state index < -0.39 is 30.8 Å². The maximum atomic E-state index is 12.3. The lowest BCUT2D eigenvalue weighted by atomic mass is 10.2. The summed E-state index contributed by atoms with van der Waals surface area (Å²) in [5.74, 6) is -0.810. The van der Waals surface area contributed by atoms with Gasteiger partial charge in [-0.15, -0.1) is 9.45 Å². The lowest BCUT2D eigenvalue weighted by molar-refractivity contribution is -0.434. The molecule has 0 radical (unpaired) electrons. The van der Waals surface area contributed by atoms with Crippen LogP contribution in [-0.2, 0) is 38.3 Å². The highest BCUT2D eigenvalue weighted by Gasteiger charge is 2.18. The number of carbonyl (C=O) groups is 1. The molecule has 0 fully saturated rings. The van der Waals surface area contributed by atoms with E-state index in [0.29, 0.717) is 0 Å². The lowest BCUT2D eigenvalue weighted by Gasteiger charge is -2.10. The number of hydrogen-bond acceptors (Lipinski definition) is 12. The largest absolute Gasteiger partial charge is 0.324 e. The summed E-state index contributed by atoms with van der Waals surface area (Å²) in [7, 11) is -8.23. The van der Waals surface area contributed by atoms with E-state index in [1.54, 1.807) is 0 Å². The Labute approximate surface area is 193 Å². The van der Waals surface area contributed by atoms with Gasteiger partial charge in [-0.1, -0.05) is 5.04 Å². The van der Waals surface area contributed by atoms with E-state index in [1.807, 2.05) is 0 Å². The van der Waals surface area contributed by atoms with Gasteiger partial charge in [0.15, 0.2) is 22.2 Å². The van der Waals surface area contributed by atoms with E-state index in [1.165, 1.54) is 44.2 Å². The summed E-state index contributed by atoms with van der Waals surface area (Å²) in [6.45, 7) is 2.45. The molecule has 2 rings (SSSR count). The molecule has 0 heterocycles. The van der Waals surface area contributed by atoms with Crippen LogP contribution < -0.4 is 5.32 Å². The topological polar surface area (TPSA) is 190 Å². The first-order valence-corrected chi connectivity index (χ1v) is 12.6. The van der Waals surface area contributed by atoms with Crippen molar-refractivity contribution in [1.29, 1.82) is 0 Å². The Morgan fingerprint density at radius 2 is 1.79 bits per heavy atom. The number of benzene rings is 2. The molecule has 33 heavy (non-hydrogen) atoms. The summed E-state index contributed by atoms with van der Waals surface area (Å²) < 4.78 is 65.8. The molecule has 2 aromatic rings. The number of anilines is 1. The Morgan fingerprint density at radius 1 is 1.12 bits per heavy atom. The highest BCUT2D eigenvalue weighted by Crippen LogP contribution is 2.32. The van der Waals surface area contributed by atoms with Crippen molar-refractivity contribution in [2.24, 2.45) is 10.2 Å². The number of nitrogens with zero attached hydrogens (tertiary/aromatic N) is 2. The Hall–Kier alpha value is -2.44. The number of amides is 1. The number of nitrogens with one attached hydrogen (secondary N) is 1. The minimum absolute atomic E-state index is 0.0164. The average molecular weight is 522 g/mol. The second kappa shape index (κ2) is 11.6. The van der Waals surface area contributed by atoms with Crippen molar-refractivity contribution in [2.45, 2.75) is 23.6 Å². The molecule has 3 N–H and O–H groups in total. The summed E-state index contributed by atoms with van der Waals surface area (Å²) in [5, 5.41) is 21.6. The second-order valence-corrected chi connectivity index (χ2v) is 10.3. The van der Waals surface area contributed by atoms with E-state index in [4.69, 9.17) is 9.44 Å². The molecule has 0 saturated heterocycles. The summed E-state index contributed by atoms with van der Waals surface area (Å²) in [6, 6.07) is 7.69. The molecular weight excluding hydrogens is 502 g/mol. The standard InChI is InChI=1S/C17H19N3O10S3/c1-11-9-15(18-12(2)21)16(10-17(11)33(25,26)27)20-19-13-3-5-14(6-4-13)32(23,24)8-7-28-31-30-29-22/h3-6,9-10,22H,7-8H2,1-2H3,(H,18,21)(H,25,26,27)/b20-19+. The van der Waals surface area contributed by atoms with Gasteiger partial charge in [0.1, 0.15) is 5.69 Å². The van der Waals surface area contributed by atoms with Crippen LogP contribution in [0.4, 0.5) is 17.1 Å². The smallest absolute Gasteiger partial charge is 0.294 e. The molecule has 0 atom stereocenters. The number of hydrogen-bond donors (Lipinski definition) is 3. The number of aryl methyl sites for hydroxylation is 1. The average Bonchev–Trinajstić information content (AvgIpc) is 2.72. The summed E-state index contributed by atoms with van der Waals surface area (Å²) in [4.78, 5) is 11.0. The molecule has 0 aliphatic rings. The van der Waals surface area contributed by atoms with E-state index in [-0.39, 0.29) is 52.2 Å². The van der Waals surface area contributed by atoms with Crippen molar-refractivity contribution in [3.05, 3.63) is 42.0 Å². The molecule has 13 nitrogen and oxygen atoms in total. The van der Waals surface area contributed by atoms with Crippen LogP contribution in [-0.4, -0.2) is 44.9 Å². The fraction of sp³-hybridized carbons (Fsp3) is 0.235. The Bertz CT molecular complexity index is 1230. The monoisotopic (exact) mass is 521 g/mol. The van der Waals surface area contributed by atoms with Crippen molar-refractivity contribution < 1.29 is 45.0 Å². The van der Waals surface area contributed by atoms with Crippen LogP contribution in [0.25, 0.3) is 0 Å². The van der Waals surface area contributed by atoms with Gasteiger partial charge in [-0.05, 0) is 48.9 Å². The first kappa shape index (κ1) is 26.8. The molecule has 16 heteroatoms. The minimum Gasteiger partial charge on any atom is -0.324 e. The quantitative estimate of drug-likeness (QED) is 0.0980. The molecule has 0 unspecified atom stereocenters. The first-order valence-electron chi connectivity index (χ1n) is 8.84. The van der Waals surface area contributed by atoms with E-state index in [2.05, 4.69) is 24.9 Å². The van der Waals surface area contributed by atoms with Gasteiger partial charge in [-0.3, -0.25) is 13.5 Å². The molecule has 0 spiro atoms. The fourth-order valence-electron chi connectivity index (χ4n) is 2.49. The highest BCUT2D eigenvalue weighted by molar-refractivity contribution is 7.91. The van der Waals surface area contributed by atoms with Gasteiger partial charge in [-0.25, -0.2) is 13.7 Å². The maximum absolute atomic E-state index is 12.3. The third kappa shape index (κ3) is 8.13. The van der Waals surface area contributed by atoms with Crippen LogP contribution in [0, 0.1) is 6.92 Å². The number of azo groups is 1. The highest BCUT2D eigenvalue weighted by atomic mass is 32.2. The molecule has 2 aromatic carbocycles. The van der Waals surface area contributed by atoms with Gasteiger partial charge in [-0.2, -0.15) is 13.5 Å². The van der Waals surface area contributed by atoms with E-state index in [0.717, 1.165) is 6.07 Å². The van der Waals surface area contributed by atoms with Gasteiger partial charge in [0.2, 0.25) is 5.91 Å². The van der Waals surface area contributed by atoms with Crippen molar-refractivity contribution in [3.8, 4) is 0 Å². The second-order valence-electron chi connectivity index (χ2n) is 6.34. The van der Waals surface area contributed by atoms with Gasteiger partial charge in [0, 0.05) is 6.92 Å². The molecule has 180 valence electrons. The predicted octanol–water partition coefficient (Wildman–Crippen LogP) is 3.39. The van der Waals surface area contributed by atoms with Crippen molar-refractivity contribution in [3.63, 3.8) is 0 Å². The minimum atomic E-state index is -4.54. The van der Waals surface area contributed by atoms with Crippen molar-refractivity contribution >= 4 is 55.2 Å². The third-order valence-electron chi connectivity index (χ3n) is 3.89. The molecular formula is C17H19N3O10S3. The molecule has 0 aliphatic carbocycles. The molecule has 1 amide bonds. The SMILES string of the molecule is CC(=O)Nc1cc(C)c(S(=O)(=O)O)cc1/N=N/c1ccc(S(=O)(=O)CCOSOOO)cc1. The first-order chi connectivity index (χ1) is 15.4. The van der Waals surface area contributed by atoms with Gasteiger partial charge >= 0.3 is 0 Å². The van der Waals surface area contributed by atoms with Gasteiger partial charge in [0.05, 0.1) is 33.5 Å². The van der Waals surface area contributed by atoms with Crippen LogP contribution in [0.1, 0.15) is 12.5 Å². The van der Waals surface area contributed by atoms with Gasteiger partial charge in [0.25, 0.3) is 10.1 Å². The molecule has 0 aliphatic heterocycles. The molecule has 0 aromatic heterocycles. The van der Waals surface area contributed by atoms with E-state index >= 15 is 0 Å². The summed E-state index contributed by atoms with van der Waals surface area (Å²) in [5.41, 5.74) is 0.553. The number of sulfone groups is 1. The van der Waals surface area contributed by atoms with Crippen LogP contribution in [0.3, 0.4) is 0 Å². The van der Waals surface area contributed by atoms with Crippen LogP contribution in [0.2, 0.25) is 0 Å². The third-order valence-corrected chi connectivity index (χ3v) is 6.96. The van der Waals surface area contributed by atoms with Crippen molar-refractivity contribution in [2.75, 3.05) is 17.7 Å². The van der Waals surface area contributed by atoms with Gasteiger partial charge < -0.3 is 5.32 Å². The number of carbonyl (C=O) groups excluding carboxylic acids is 1. The lowest BCUT2D eigenvalue weighted by Crippen LogP contribution is -2.10. The molecule has 0 bridgehead atoms. The zero-order chi connectivity index (χ0) is 24.6. The molecule has 0 saturated carbocycles. The Kier molecular flexibility index (Phi) is 9.44. The number of rotatable bonds is 11. The van der Waals surface area contributed by atoms with Crippen LogP contribution in [0.15, 0.2) is 56.4 Å². The maximum Gasteiger partial charge on any atom is 0.294 e. The fourth-order valence-corrected chi connectivity index (χ4v) is 4.62. The van der Waals surface area contributed by atoms with Crippen molar-refractivity contribution in [1.82, 2.24) is 0 Å². The Morgan fingerprint density at radius 3 is 2.36 bits per heavy atom.